The molecule has 0 fully saturated rings. The molecule has 0 saturated heterocycles. The van der Waals surface area contributed by atoms with E-state index in [0.29, 0.717) is 5.02 Å². The van der Waals surface area contributed by atoms with E-state index in [1.54, 1.807) is 12.3 Å². The topological polar surface area (TPSA) is 24.9 Å². The molecule has 1 N–H and O–H groups in total. The van der Waals surface area contributed by atoms with Gasteiger partial charge in [0, 0.05) is 27.9 Å². The summed E-state index contributed by atoms with van der Waals surface area (Å²) >= 11 is 9.55. The van der Waals surface area contributed by atoms with E-state index >= 15 is 0 Å². The standard InChI is InChI=1S/C16H17BrClFN2/c1-2-21-15(6-11-5-13(17)10-20-9-11)7-12-3-4-14(19)8-16(12)18/h3-5,8-10,15,21H,2,6-7H2,1H3. The van der Waals surface area contributed by atoms with Crippen LogP contribution in [0.5, 0.6) is 0 Å². The SMILES string of the molecule is CCNC(Cc1cncc(Br)c1)Cc1ccc(F)cc1Cl. The van der Waals surface area contributed by atoms with Crippen molar-refractivity contribution >= 4 is 27.5 Å². The first-order valence-electron chi connectivity index (χ1n) is 6.85. The second-order valence-corrected chi connectivity index (χ2v) is 6.23. The van der Waals surface area contributed by atoms with E-state index in [-0.39, 0.29) is 11.9 Å². The van der Waals surface area contributed by atoms with Crippen molar-refractivity contribution in [1.29, 1.82) is 0 Å². The summed E-state index contributed by atoms with van der Waals surface area (Å²) in [5, 5.41) is 3.92. The Morgan fingerprint density at radius 2 is 2.10 bits per heavy atom. The molecule has 0 radical (unpaired) electrons. The molecular formula is C16H17BrClFN2. The molecule has 1 aromatic carbocycles. The van der Waals surface area contributed by atoms with Crippen LogP contribution in [-0.2, 0) is 12.8 Å². The zero-order chi connectivity index (χ0) is 15.2. The lowest BCUT2D eigenvalue weighted by Crippen LogP contribution is -2.33. The van der Waals surface area contributed by atoms with E-state index in [1.807, 2.05) is 6.20 Å². The van der Waals surface area contributed by atoms with Crippen LogP contribution in [0.1, 0.15) is 18.1 Å². The van der Waals surface area contributed by atoms with Gasteiger partial charge in [-0.05, 0) is 64.6 Å². The van der Waals surface area contributed by atoms with Crippen LogP contribution in [0.2, 0.25) is 5.02 Å². The molecule has 0 spiro atoms. The van der Waals surface area contributed by atoms with Gasteiger partial charge in [0.15, 0.2) is 0 Å². The van der Waals surface area contributed by atoms with Crippen molar-refractivity contribution in [3.63, 3.8) is 0 Å². The summed E-state index contributed by atoms with van der Waals surface area (Å²) in [6, 6.07) is 6.85. The van der Waals surface area contributed by atoms with E-state index in [4.69, 9.17) is 11.6 Å². The summed E-state index contributed by atoms with van der Waals surface area (Å²) in [5.41, 5.74) is 2.10. The molecule has 2 rings (SSSR count). The maximum Gasteiger partial charge on any atom is 0.124 e. The third kappa shape index (κ3) is 5.06. The molecule has 1 atom stereocenters. The smallest absolute Gasteiger partial charge is 0.124 e. The first kappa shape index (κ1) is 16.4. The highest BCUT2D eigenvalue weighted by Gasteiger charge is 2.12. The van der Waals surface area contributed by atoms with Gasteiger partial charge in [-0.25, -0.2) is 4.39 Å². The zero-order valence-electron chi connectivity index (χ0n) is 11.7. The van der Waals surface area contributed by atoms with E-state index < -0.39 is 0 Å². The molecule has 0 aliphatic rings. The molecule has 2 aromatic rings. The summed E-state index contributed by atoms with van der Waals surface area (Å²) in [7, 11) is 0. The van der Waals surface area contributed by atoms with Crippen LogP contribution in [0, 0.1) is 5.82 Å². The summed E-state index contributed by atoms with van der Waals surface area (Å²) in [6.45, 7) is 2.93. The Balaban J connectivity index is 2.11. The molecule has 1 unspecified atom stereocenters. The normalized spacial score (nSPS) is 12.4. The molecule has 0 saturated carbocycles. The number of benzene rings is 1. The number of pyridine rings is 1. The number of aromatic nitrogens is 1. The summed E-state index contributed by atoms with van der Waals surface area (Å²) in [5.74, 6) is -0.306. The van der Waals surface area contributed by atoms with Crippen molar-refractivity contribution in [3.05, 3.63) is 63.1 Å². The molecule has 0 aliphatic carbocycles. The lowest BCUT2D eigenvalue weighted by molar-refractivity contribution is 0.520. The van der Waals surface area contributed by atoms with Gasteiger partial charge in [-0.15, -0.1) is 0 Å². The average Bonchev–Trinajstić information content (AvgIpc) is 2.42. The van der Waals surface area contributed by atoms with Crippen molar-refractivity contribution in [3.8, 4) is 0 Å². The van der Waals surface area contributed by atoms with Crippen LogP contribution in [0.3, 0.4) is 0 Å². The van der Waals surface area contributed by atoms with Crippen molar-refractivity contribution in [2.24, 2.45) is 0 Å². The molecule has 1 heterocycles. The largest absolute Gasteiger partial charge is 0.314 e. The average molecular weight is 372 g/mol. The number of halogens is 3. The monoisotopic (exact) mass is 370 g/mol. The van der Waals surface area contributed by atoms with Crippen molar-refractivity contribution in [2.45, 2.75) is 25.8 Å². The summed E-state index contributed by atoms with van der Waals surface area (Å²) in [6.07, 6.45) is 5.22. The fraction of sp³-hybridized carbons (Fsp3) is 0.312. The number of rotatable bonds is 6. The fourth-order valence-corrected chi connectivity index (χ4v) is 2.97. The molecule has 0 bridgehead atoms. The van der Waals surface area contributed by atoms with Crippen LogP contribution in [0.15, 0.2) is 41.1 Å². The second kappa shape index (κ2) is 7.87. The lowest BCUT2D eigenvalue weighted by Gasteiger charge is -2.19. The van der Waals surface area contributed by atoms with Crippen molar-refractivity contribution < 1.29 is 4.39 Å². The fourth-order valence-electron chi connectivity index (χ4n) is 2.31. The van der Waals surface area contributed by atoms with Crippen LogP contribution in [0.4, 0.5) is 4.39 Å². The van der Waals surface area contributed by atoms with E-state index in [9.17, 15) is 4.39 Å². The highest BCUT2D eigenvalue weighted by atomic mass is 79.9. The number of hydrogen-bond donors (Lipinski definition) is 1. The molecule has 5 heteroatoms. The van der Waals surface area contributed by atoms with E-state index in [0.717, 1.165) is 35.0 Å². The third-order valence-corrected chi connectivity index (χ3v) is 4.00. The van der Waals surface area contributed by atoms with Crippen molar-refractivity contribution in [1.82, 2.24) is 10.3 Å². The Bertz CT molecular complexity index is 607. The quantitative estimate of drug-likeness (QED) is 0.814. The van der Waals surface area contributed by atoms with Gasteiger partial charge in [-0.3, -0.25) is 4.98 Å². The molecule has 21 heavy (non-hydrogen) atoms. The maximum atomic E-state index is 13.1. The van der Waals surface area contributed by atoms with Crippen molar-refractivity contribution in [2.75, 3.05) is 6.54 Å². The molecule has 2 nitrogen and oxygen atoms in total. The number of likely N-dealkylation sites (N-methyl/N-ethyl adjacent to an activating group) is 1. The zero-order valence-corrected chi connectivity index (χ0v) is 14.1. The number of nitrogens with one attached hydrogen (secondary N) is 1. The van der Waals surface area contributed by atoms with E-state index in [2.05, 4.69) is 39.2 Å². The predicted octanol–water partition coefficient (Wildman–Crippen LogP) is 4.40. The summed E-state index contributed by atoms with van der Waals surface area (Å²) in [4.78, 5) is 4.18. The first-order chi connectivity index (χ1) is 10.1. The van der Waals surface area contributed by atoms with Crippen LogP contribution < -0.4 is 5.32 Å². The Morgan fingerprint density at radius 3 is 2.76 bits per heavy atom. The van der Waals surface area contributed by atoms with E-state index in [1.165, 1.54) is 12.1 Å². The Kier molecular flexibility index (Phi) is 6.15. The minimum atomic E-state index is -0.306. The highest BCUT2D eigenvalue weighted by Crippen LogP contribution is 2.20. The van der Waals surface area contributed by atoms with Gasteiger partial charge in [-0.1, -0.05) is 24.6 Å². The summed E-state index contributed by atoms with van der Waals surface area (Å²) < 4.78 is 14.1. The Hall–Kier alpha value is -0.970. The highest BCUT2D eigenvalue weighted by molar-refractivity contribution is 9.10. The number of hydrogen-bond acceptors (Lipinski definition) is 2. The first-order valence-corrected chi connectivity index (χ1v) is 8.02. The lowest BCUT2D eigenvalue weighted by atomic mass is 9.99. The Labute approximate surface area is 137 Å². The molecular weight excluding hydrogens is 355 g/mol. The third-order valence-electron chi connectivity index (χ3n) is 3.22. The Morgan fingerprint density at radius 1 is 1.29 bits per heavy atom. The molecule has 1 aromatic heterocycles. The van der Waals surface area contributed by atoms with Gasteiger partial charge in [-0.2, -0.15) is 0 Å². The molecule has 112 valence electrons. The second-order valence-electron chi connectivity index (χ2n) is 4.91. The van der Waals surface area contributed by atoms with Gasteiger partial charge < -0.3 is 5.32 Å². The minimum Gasteiger partial charge on any atom is -0.314 e. The minimum absolute atomic E-state index is 0.231. The van der Waals surface area contributed by atoms with Crippen LogP contribution in [-0.4, -0.2) is 17.6 Å². The van der Waals surface area contributed by atoms with Gasteiger partial charge >= 0.3 is 0 Å². The maximum absolute atomic E-state index is 13.1. The van der Waals surface area contributed by atoms with Gasteiger partial charge in [0.2, 0.25) is 0 Å². The predicted molar refractivity (Wildman–Crippen MR) is 88.2 cm³/mol. The van der Waals surface area contributed by atoms with Crippen LogP contribution >= 0.6 is 27.5 Å². The molecule has 0 amide bonds. The number of nitrogens with zero attached hydrogens (tertiary/aromatic N) is 1. The van der Waals surface area contributed by atoms with Gasteiger partial charge in [0.1, 0.15) is 5.82 Å². The van der Waals surface area contributed by atoms with Gasteiger partial charge in [0.05, 0.1) is 0 Å². The van der Waals surface area contributed by atoms with Crippen LogP contribution in [0.25, 0.3) is 0 Å². The molecule has 0 aliphatic heterocycles. The van der Waals surface area contributed by atoms with Gasteiger partial charge in [0.25, 0.3) is 0 Å².